The van der Waals surface area contributed by atoms with Crippen LogP contribution in [0.1, 0.15) is 63.8 Å². The zero-order chi connectivity index (χ0) is 20.6. The van der Waals surface area contributed by atoms with E-state index < -0.39 is 0 Å². The average molecular weight is 387 g/mol. The first-order chi connectivity index (χ1) is 12.4. The Labute approximate surface area is 169 Å². The Morgan fingerprint density at radius 2 is 0.963 bits per heavy atom. The normalized spacial score (nSPS) is 12.2. The third kappa shape index (κ3) is 4.82. The van der Waals surface area contributed by atoms with Crippen LogP contribution in [0.25, 0.3) is 0 Å². The highest BCUT2D eigenvalue weighted by Gasteiger charge is 2.25. The molecule has 0 radical (unpaired) electrons. The second kappa shape index (κ2) is 7.79. The van der Waals surface area contributed by atoms with E-state index in [2.05, 4.69) is 79.7 Å². The maximum absolute atomic E-state index is 5.87. The summed E-state index contributed by atoms with van der Waals surface area (Å²) in [6.45, 7) is 17.6. The maximum atomic E-state index is 5.87. The minimum absolute atomic E-state index is 0.0138. The van der Waals surface area contributed by atoms with Gasteiger partial charge < -0.3 is 9.47 Å². The largest absolute Gasteiger partial charge is 0.495 e. The van der Waals surface area contributed by atoms with Crippen molar-refractivity contribution in [2.75, 3.05) is 14.2 Å². The molecule has 2 rings (SSSR count). The van der Waals surface area contributed by atoms with E-state index in [0.29, 0.717) is 0 Å². The fourth-order valence-electron chi connectivity index (χ4n) is 3.29. The highest BCUT2D eigenvalue weighted by Crippen LogP contribution is 2.47. The van der Waals surface area contributed by atoms with Crippen LogP contribution >= 0.6 is 11.8 Å². The molecule has 0 N–H and O–H groups in total. The van der Waals surface area contributed by atoms with Crippen molar-refractivity contribution >= 4 is 11.8 Å². The molecule has 148 valence electrons. The van der Waals surface area contributed by atoms with Gasteiger partial charge in [-0.3, -0.25) is 0 Å². The summed E-state index contributed by atoms with van der Waals surface area (Å²) in [6, 6.07) is 8.88. The van der Waals surface area contributed by atoms with E-state index in [0.717, 1.165) is 21.3 Å². The molecule has 2 aromatic carbocycles. The van der Waals surface area contributed by atoms with E-state index in [-0.39, 0.29) is 10.8 Å². The van der Waals surface area contributed by atoms with Gasteiger partial charge in [-0.2, -0.15) is 0 Å². The molecule has 0 amide bonds. The van der Waals surface area contributed by atoms with Gasteiger partial charge in [-0.1, -0.05) is 65.4 Å². The molecule has 0 aliphatic carbocycles. The highest BCUT2D eigenvalue weighted by atomic mass is 32.2. The van der Waals surface area contributed by atoms with Crippen molar-refractivity contribution in [3.05, 3.63) is 46.5 Å². The molecule has 0 fully saturated rings. The van der Waals surface area contributed by atoms with Gasteiger partial charge in [0.05, 0.1) is 24.0 Å². The van der Waals surface area contributed by atoms with Crippen LogP contribution in [0.5, 0.6) is 11.5 Å². The predicted octanol–water partition coefficient (Wildman–Crippen LogP) is 7.07. The monoisotopic (exact) mass is 386 g/mol. The second-order valence-corrected chi connectivity index (χ2v) is 10.4. The van der Waals surface area contributed by atoms with Crippen LogP contribution in [0.2, 0.25) is 0 Å². The van der Waals surface area contributed by atoms with Gasteiger partial charge in [-0.25, -0.2) is 0 Å². The van der Waals surface area contributed by atoms with E-state index in [1.807, 2.05) is 0 Å². The van der Waals surface area contributed by atoms with Crippen molar-refractivity contribution in [1.82, 2.24) is 0 Å². The number of hydrogen-bond acceptors (Lipinski definition) is 3. The summed E-state index contributed by atoms with van der Waals surface area (Å²) in [6.07, 6.45) is 0. The molecule has 0 spiro atoms. The first-order valence-corrected chi connectivity index (χ1v) is 10.3. The van der Waals surface area contributed by atoms with E-state index >= 15 is 0 Å². The van der Waals surface area contributed by atoms with Gasteiger partial charge in [0.1, 0.15) is 11.5 Å². The summed E-state index contributed by atoms with van der Waals surface area (Å²) in [4.78, 5) is 2.26. The molecule has 0 aliphatic rings. The van der Waals surface area contributed by atoms with Crippen molar-refractivity contribution in [3.8, 4) is 11.5 Å². The van der Waals surface area contributed by atoms with Gasteiger partial charge in [-0.15, -0.1) is 0 Å². The van der Waals surface area contributed by atoms with E-state index in [1.165, 1.54) is 22.3 Å². The van der Waals surface area contributed by atoms with Gasteiger partial charge in [0.25, 0.3) is 0 Å². The summed E-state index contributed by atoms with van der Waals surface area (Å²) >= 11 is 1.73. The molecule has 0 heterocycles. The van der Waals surface area contributed by atoms with Crippen LogP contribution in [0.3, 0.4) is 0 Å². The van der Waals surface area contributed by atoms with Crippen LogP contribution in [-0.2, 0) is 10.8 Å². The van der Waals surface area contributed by atoms with Gasteiger partial charge in [0.2, 0.25) is 0 Å². The number of ether oxygens (including phenoxy) is 2. The number of benzene rings is 2. The van der Waals surface area contributed by atoms with Crippen molar-refractivity contribution in [3.63, 3.8) is 0 Å². The number of aryl methyl sites for hydroxylation is 2. The first kappa shape index (κ1) is 21.7. The lowest BCUT2D eigenvalue weighted by Crippen LogP contribution is -2.14. The second-order valence-electron chi connectivity index (χ2n) is 9.29. The Balaban J connectivity index is 2.68. The maximum Gasteiger partial charge on any atom is 0.136 e. The van der Waals surface area contributed by atoms with Crippen LogP contribution in [0.15, 0.2) is 34.1 Å². The summed E-state index contributed by atoms with van der Waals surface area (Å²) in [5.74, 6) is 1.91. The predicted molar refractivity (Wildman–Crippen MR) is 117 cm³/mol. The van der Waals surface area contributed by atoms with Crippen molar-refractivity contribution < 1.29 is 9.47 Å². The molecule has 0 atom stereocenters. The van der Waals surface area contributed by atoms with Crippen molar-refractivity contribution in [2.24, 2.45) is 0 Å². The molecular formula is C24H34O2S. The van der Waals surface area contributed by atoms with E-state index in [1.54, 1.807) is 26.0 Å². The molecule has 0 bridgehead atoms. The molecule has 3 heteroatoms. The quantitative estimate of drug-likeness (QED) is 0.560. The lowest BCUT2D eigenvalue weighted by Gasteiger charge is -2.26. The molecule has 0 aromatic heterocycles. The van der Waals surface area contributed by atoms with Gasteiger partial charge in [0, 0.05) is 11.1 Å². The number of rotatable bonds is 4. The summed E-state index contributed by atoms with van der Waals surface area (Å²) in [5.41, 5.74) is 4.97. The lowest BCUT2D eigenvalue weighted by atomic mass is 9.85. The Kier molecular flexibility index (Phi) is 6.26. The fourth-order valence-corrected chi connectivity index (χ4v) is 4.58. The SMILES string of the molecule is COc1c(Sc2cc(C)cc(C(C)(C)C)c2OC)cc(C)cc1C(C)(C)C. The number of methoxy groups -OCH3 is 2. The Morgan fingerprint density at radius 3 is 1.22 bits per heavy atom. The number of hydrogen-bond donors (Lipinski definition) is 0. The van der Waals surface area contributed by atoms with Crippen LogP contribution in [0.4, 0.5) is 0 Å². The Bertz CT molecular complexity index is 754. The molecule has 2 aromatic rings. The standard InChI is InChI=1S/C24H34O2S/c1-15-11-17(23(3,4)5)21(25-9)19(13-15)27-20-14-16(2)12-18(22(20)26-10)24(6,7)8/h11-14H,1-10H3. The van der Waals surface area contributed by atoms with Crippen LogP contribution in [-0.4, -0.2) is 14.2 Å². The van der Waals surface area contributed by atoms with Crippen LogP contribution < -0.4 is 9.47 Å². The molecule has 0 aliphatic heterocycles. The minimum Gasteiger partial charge on any atom is -0.495 e. The third-order valence-corrected chi connectivity index (χ3v) is 5.69. The molecule has 0 saturated carbocycles. The summed E-state index contributed by atoms with van der Waals surface area (Å²) in [5, 5.41) is 0. The van der Waals surface area contributed by atoms with E-state index in [4.69, 9.17) is 9.47 Å². The molecule has 0 unspecified atom stereocenters. The van der Waals surface area contributed by atoms with E-state index in [9.17, 15) is 0 Å². The Hall–Kier alpha value is -1.61. The highest BCUT2D eigenvalue weighted by molar-refractivity contribution is 7.99. The molecule has 2 nitrogen and oxygen atoms in total. The van der Waals surface area contributed by atoms with Gasteiger partial charge in [0.15, 0.2) is 0 Å². The van der Waals surface area contributed by atoms with Gasteiger partial charge >= 0.3 is 0 Å². The Morgan fingerprint density at radius 1 is 0.630 bits per heavy atom. The zero-order valence-electron chi connectivity index (χ0n) is 18.5. The fraction of sp³-hybridized carbons (Fsp3) is 0.500. The summed E-state index contributed by atoms with van der Waals surface area (Å²) in [7, 11) is 3.52. The third-order valence-electron chi connectivity index (χ3n) is 4.64. The average Bonchev–Trinajstić information content (AvgIpc) is 2.52. The van der Waals surface area contributed by atoms with Crippen LogP contribution in [0, 0.1) is 13.8 Å². The minimum atomic E-state index is 0.0138. The first-order valence-electron chi connectivity index (χ1n) is 9.44. The topological polar surface area (TPSA) is 18.5 Å². The van der Waals surface area contributed by atoms with Crippen molar-refractivity contribution in [1.29, 1.82) is 0 Å². The zero-order valence-corrected chi connectivity index (χ0v) is 19.4. The molecule has 0 saturated heterocycles. The van der Waals surface area contributed by atoms with Gasteiger partial charge in [-0.05, 0) is 47.9 Å². The summed E-state index contributed by atoms with van der Waals surface area (Å²) < 4.78 is 11.7. The molecular weight excluding hydrogens is 352 g/mol. The van der Waals surface area contributed by atoms with Crippen molar-refractivity contribution in [2.45, 2.75) is 76.0 Å². The lowest BCUT2D eigenvalue weighted by molar-refractivity contribution is 0.385. The molecule has 27 heavy (non-hydrogen) atoms. The smallest absolute Gasteiger partial charge is 0.136 e.